The number of hydrogen-bond acceptors (Lipinski definition) is 3. The molecule has 0 N–H and O–H groups in total. The molecule has 2 aromatic rings. The zero-order valence-electron chi connectivity index (χ0n) is 12.0. The summed E-state index contributed by atoms with van der Waals surface area (Å²) in [5.74, 6) is -0.464. The van der Waals surface area contributed by atoms with Gasteiger partial charge in [0, 0.05) is 26.2 Å². The molecule has 5 heteroatoms. The first-order chi connectivity index (χ1) is 10.7. The second-order valence-corrected chi connectivity index (χ2v) is 5.58. The summed E-state index contributed by atoms with van der Waals surface area (Å²) in [6.45, 7) is 3.02. The molecule has 1 saturated heterocycles. The van der Waals surface area contributed by atoms with Crippen molar-refractivity contribution < 1.29 is 4.39 Å². The summed E-state index contributed by atoms with van der Waals surface area (Å²) in [4.78, 5) is 4.26. The molecule has 3 nitrogen and oxygen atoms in total. The Morgan fingerprint density at radius 3 is 2.14 bits per heavy atom. The Bertz CT molecular complexity index is 718. The van der Waals surface area contributed by atoms with Gasteiger partial charge in [0.25, 0.3) is 0 Å². The van der Waals surface area contributed by atoms with Crippen LogP contribution < -0.4 is 9.80 Å². The van der Waals surface area contributed by atoms with Crippen LogP contribution in [0.1, 0.15) is 5.56 Å². The molecule has 0 amide bonds. The zero-order chi connectivity index (χ0) is 15.5. The van der Waals surface area contributed by atoms with E-state index < -0.39 is 5.82 Å². The molecule has 1 aliphatic heterocycles. The van der Waals surface area contributed by atoms with Crippen LogP contribution in [-0.2, 0) is 0 Å². The molecule has 22 heavy (non-hydrogen) atoms. The fraction of sp³-hybridized carbons (Fsp3) is 0.235. The lowest BCUT2D eigenvalue weighted by molar-refractivity contribution is 0.616. The van der Waals surface area contributed by atoms with Gasteiger partial charge in [-0.2, -0.15) is 5.26 Å². The van der Waals surface area contributed by atoms with Gasteiger partial charge in [0.05, 0.1) is 16.4 Å². The van der Waals surface area contributed by atoms with Crippen LogP contribution in [0.25, 0.3) is 0 Å². The Balaban J connectivity index is 1.77. The van der Waals surface area contributed by atoms with E-state index in [0.717, 1.165) is 36.9 Å². The average Bonchev–Trinajstić information content (AvgIpc) is 2.55. The van der Waals surface area contributed by atoms with Crippen molar-refractivity contribution in [2.75, 3.05) is 36.0 Å². The van der Waals surface area contributed by atoms with Crippen molar-refractivity contribution in [2.45, 2.75) is 0 Å². The standard InChI is InChI=1S/C17H15ClFN3/c18-14-4-1-2-6-17(14)22-10-8-21(9-11-22)16-7-3-5-15(19)13(16)12-20/h1-7H,8-11H2. The molecule has 0 atom stereocenters. The molecule has 0 spiro atoms. The first kappa shape index (κ1) is 14.7. The Morgan fingerprint density at radius 2 is 1.50 bits per heavy atom. The second kappa shape index (κ2) is 6.25. The van der Waals surface area contributed by atoms with Crippen LogP contribution in [0.5, 0.6) is 0 Å². The van der Waals surface area contributed by atoms with Crippen molar-refractivity contribution in [2.24, 2.45) is 0 Å². The Hall–Kier alpha value is -2.25. The quantitative estimate of drug-likeness (QED) is 0.847. The maximum absolute atomic E-state index is 13.7. The van der Waals surface area contributed by atoms with E-state index in [1.807, 2.05) is 30.3 Å². The van der Waals surface area contributed by atoms with Crippen molar-refractivity contribution in [1.29, 1.82) is 5.26 Å². The van der Waals surface area contributed by atoms with Crippen molar-refractivity contribution in [3.8, 4) is 6.07 Å². The van der Waals surface area contributed by atoms with Gasteiger partial charge in [-0.05, 0) is 24.3 Å². The van der Waals surface area contributed by atoms with Crippen molar-refractivity contribution in [3.63, 3.8) is 0 Å². The molecule has 2 aromatic carbocycles. The van der Waals surface area contributed by atoms with Crippen LogP contribution in [0.15, 0.2) is 42.5 Å². The van der Waals surface area contributed by atoms with Crippen molar-refractivity contribution in [3.05, 3.63) is 58.9 Å². The maximum Gasteiger partial charge on any atom is 0.143 e. The van der Waals surface area contributed by atoms with Gasteiger partial charge in [-0.25, -0.2) is 4.39 Å². The van der Waals surface area contributed by atoms with Gasteiger partial charge in [-0.15, -0.1) is 0 Å². The smallest absolute Gasteiger partial charge is 0.143 e. The highest BCUT2D eigenvalue weighted by Gasteiger charge is 2.21. The number of hydrogen-bond donors (Lipinski definition) is 0. The fourth-order valence-electron chi connectivity index (χ4n) is 2.78. The summed E-state index contributed by atoms with van der Waals surface area (Å²) in [6, 6.07) is 14.5. The van der Waals surface area contributed by atoms with E-state index in [-0.39, 0.29) is 5.56 Å². The van der Waals surface area contributed by atoms with E-state index in [2.05, 4.69) is 9.80 Å². The monoisotopic (exact) mass is 315 g/mol. The van der Waals surface area contributed by atoms with E-state index in [4.69, 9.17) is 16.9 Å². The van der Waals surface area contributed by atoms with Crippen LogP contribution in [0, 0.1) is 17.1 Å². The SMILES string of the molecule is N#Cc1c(F)cccc1N1CCN(c2ccccc2Cl)CC1. The number of nitrogens with zero attached hydrogens (tertiary/aromatic N) is 3. The van der Waals surface area contributed by atoms with Gasteiger partial charge in [0.15, 0.2) is 0 Å². The largest absolute Gasteiger partial charge is 0.367 e. The summed E-state index contributed by atoms with van der Waals surface area (Å²) in [6.07, 6.45) is 0. The highest BCUT2D eigenvalue weighted by atomic mass is 35.5. The summed E-state index contributed by atoms with van der Waals surface area (Å²) < 4.78 is 13.7. The van der Waals surface area contributed by atoms with Crippen LogP contribution in [0.3, 0.4) is 0 Å². The molecule has 1 heterocycles. The van der Waals surface area contributed by atoms with E-state index in [9.17, 15) is 4.39 Å². The second-order valence-electron chi connectivity index (χ2n) is 5.17. The Labute approximate surface area is 134 Å². The van der Waals surface area contributed by atoms with Gasteiger partial charge in [0.1, 0.15) is 17.4 Å². The number of anilines is 2. The highest BCUT2D eigenvalue weighted by Crippen LogP contribution is 2.28. The summed E-state index contributed by atoms with van der Waals surface area (Å²) >= 11 is 6.23. The minimum atomic E-state index is -0.464. The molecule has 112 valence electrons. The lowest BCUT2D eigenvalue weighted by Crippen LogP contribution is -2.47. The minimum Gasteiger partial charge on any atom is -0.367 e. The maximum atomic E-state index is 13.7. The number of halogens is 2. The number of para-hydroxylation sites is 1. The Kier molecular flexibility index (Phi) is 4.17. The van der Waals surface area contributed by atoms with Crippen LogP contribution >= 0.6 is 11.6 Å². The van der Waals surface area contributed by atoms with Gasteiger partial charge >= 0.3 is 0 Å². The number of nitriles is 1. The molecule has 0 unspecified atom stereocenters. The minimum absolute atomic E-state index is 0.119. The molecule has 3 rings (SSSR count). The zero-order valence-corrected chi connectivity index (χ0v) is 12.7. The highest BCUT2D eigenvalue weighted by molar-refractivity contribution is 6.33. The molecular formula is C17H15ClFN3. The molecule has 1 aliphatic rings. The van der Waals surface area contributed by atoms with E-state index in [1.54, 1.807) is 12.1 Å². The van der Waals surface area contributed by atoms with Crippen molar-refractivity contribution in [1.82, 2.24) is 0 Å². The third-order valence-corrected chi connectivity index (χ3v) is 4.24. The van der Waals surface area contributed by atoms with Crippen LogP contribution in [-0.4, -0.2) is 26.2 Å². The fourth-order valence-corrected chi connectivity index (χ4v) is 3.04. The Morgan fingerprint density at radius 1 is 0.909 bits per heavy atom. The molecule has 0 aliphatic carbocycles. The van der Waals surface area contributed by atoms with Crippen LogP contribution in [0.2, 0.25) is 5.02 Å². The van der Waals surface area contributed by atoms with Gasteiger partial charge < -0.3 is 9.80 Å². The predicted octanol–water partition coefficient (Wildman–Crippen LogP) is 3.68. The molecule has 0 radical (unpaired) electrons. The predicted molar refractivity (Wildman–Crippen MR) is 87.0 cm³/mol. The summed E-state index contributed by atoms with van der Waals surface area (Å²) in [7, 11) is 0. The lowest BCUT2D eigenvalue weighted by atomic mass is 10.1. The molecule has 0 bridgehead atoms. The van der Waals surface area contributed by atoms with Gasteiger partial charge in [0.2, 0.25) is 0 Å². The van der Waals surface area contributed by atoms with Crippen LogP contribution in [0.4, 0.5) is 15.8 Å². The van der Waals surface area contributed by atoms with Crippen molar-refractivity contribution >= 4 is 23.0 Å². The molecule has 0 saturated carbocycles. The molecule has 0 aromatic heterocycles. The topological polar surface area (TPSA) is 30.3 Å². The van der Waals surface area contributed by atoms with E-state index in [0.29, 0.717) is 5.69 Å². The number of rotatable bonds is 2. The average molecular weight is 316 g/mol. The first-order valence-corrected chi connectivity index (χ1v) is 7.51. The molecular weight excluding hydrogens is 301 g/mol. The van der Waals surface area contributed by atoms with Gasteiger partial charge in [-0.1, -0.05) is 29.8 Å². The van der Waals surface area contributed by atoms with Gasteiger partial charge in [-0.3, -0.25) is 0 Å². The normalized spacial score (nSPS) is 14.8. The summed E-state index contributed by atoms with van der Waals surface area (Å²) in [5.41, 5.74) is 1.80. The van der Waals surface area contributed by atoms with E-state index in [1.165, 1.54) is 6.07 Å². The number of piperazine rings is 1. The third kappa shape index (κ3) is 2.72. The van der Waals surface area contributed by atoms with E-state index >= 15 is 0 Å². The molecule has 1 fully saturated rings. The third-order valence-electron chi connectivity index (χ3n) is 3.92. The summed E-state index contributed by atoms with van der Waals surface area (Å²) in [5, 5.41) is 9.89. The first-order valence-electron chi connectivity index (χ1n) is 7.14. The lowest BCUT2D eigenvalue weighted by Gasteiger charge is -2.38. The number of benzene rings is 2.